The van der Waals surface area contributed by atoms with Crippen molar-refractivity contribution in [1.29, 1.82) is 0 Å². The lowest BCUT2D eigenvalue weighted by Crippen LogP contribution is -2.59. The molecular formula is C33H44BrN3O7. The van der Waals surface area contributed by atoms with E-state index in [9.17, 15) is 24.3 Å². The molecular weight excluding hydrogens is 630 g/mol. The van der Waals surface area contributed by atoms with Gasteiger partial charge in [-0.3, -0.25) is 19.2 Å². The zero-order chi connectivity index (χ0) is 32.3. The number of carbonyl (C=O) groups is 4. The fraction of sp³-hybridized carbons (Fsp3) is 0.576. The maximum atomic E-state index is 14.8. The number of carbonyl (C=O) groups excluding carboxylic acids is 4. The summed E-state index contributed by atoms with van der Waals surface area (Å²) in [5, 5.41) is 13.1. The fourth-order valence-electron chi connectivity index (χ4n) is 7.12. The van der Waals surface area contributed by atoms with E-state index in [0.717, 1.165) is 16.8 Å². The van der Waals surface area contributed by atoms with Crippen LogP contribution in [0.4, 0.5) is 5.69 Å². The van der Waals surface area contributed by atoms with Crippen LogP contribution in [-0.2, 0) is 28.7 Å². The topological polar surface area (TPSA) is 125 Å². The van der Waals surface area contributed by atoms with E-state index in [2.05, 4.69) is 34.4 Å². The largest absolute Gasteiger partial charge is 0.460 e. The number of aliphatic hydroxyl groups is 1. The van der Waals surface area contributed by atoms with Crippen LogP contribution in [0.2, 0.25) is 0 Å². The van der Waals surface area contributed by atoms with Gasteiger partial charge in [0.1, 0.15) is 17.7 Å². The summed E-state index contributed by atoms with van der Waals surface area (Å²) in [5.74, 6) is -3.49. The second-order valence-electron chi connectivity index (χ2n) is 12.0. The molecule has 44 heavy (non-hydrogen) atoms. The summed E-state index contributed by atoms with van der Waals surface area (Å²) in [6, 6.07) is 4.03. The molecule has 1 aromatic rings. The van der Waals surface area contributed by atoms with Gasteiger partial charge >= 0.3 is 5.97 Å². The van der Waals surface area contributed by atoms with Crippen LogP contribution in [0.1, 0.15) is 50.7 Å². The van der Waals surface area contributed by atoms with E-state index >= 15 is 0 Å². The minimum absolute atomic E-state index is 0.114. The van der Waals surface area contributed by atoms with Crippen molar-refractivity contribution in [2.24, 2.45) is 11.8 Å². The van der Waals surface area contributed by atoms with Crippen LogP contribution >= 0.6 is 15.9 Å². The number of fused-ring (bicyclic) bond motifs is 1. The highest BCUT2D eigenvalue weighted by molar-refractivity contribution is 9.09. The third-order valence-corrected chi connectivity index (χ3v) is 9.92. The van der Waals surface area contributed by atoms with Gasteiger partial charge in [0.15, 0.2) is 0 Å². The second kappa shape index (κ2) is 14.0. The maximum Gasteiger partial charge on any atom is 0.312 e. The van der Waals surface area contributed by atoms with E-state index in [0.29, 0.717) is 19.3 Å². The molecule has 2 bridgehead atoms. The predicted molar refractivity (Wildman–Crippen MR) is 170 cm³/mol. The number of alkyl halides is 1. The van der Waals surface area contributed by atoms with Gasteiger partial charge in [-0.25, -0.2) is 0 Å². The predicted octanol–water partition coefficient (Wildman–Crippen LogP) is 3.36. The average molecular weight is 675 g/mol. The van der Waals surface area contributed by atoms with Crippen molar-refractivity contribution >= 4 is 45.3 Å². The number of anilines is 1. The van der Waals surface area contributed by atoms with Gasteiger partial charge in [0.05, 0.1) is 37.1 Å². The first kappa shape index (κ1) is 33.9. The Bertz CT molecular complexity index is 1280. The van der Waals surface area contributed by atoms with E-state index in [4.69, 9.17) is 9.47 Å². The lowest BCUT2D eigenvalue weighted by molar-refractivity contribution is -0.159. The van der Waals surface area contributed by atoms with Crippen molar-refractivity contribution in [3.05, 3.63) is 54.6 Å². The average Bonchev–Trinajstić information content (AvgIpc) is 3.58. The van der Waals surface area contributed by atoms with Crippen LogP contribution < -0.4 is 10.2 Å². The standard InChI is InChI=1S/C33H44BrN3O7/c1-7-10-14-24(39)35-17-21(6)43-32(42)25-26-30(40)37(22(9-3)18-38)29(33(26)16-23(34)28(25)44-33)31(41)36(15-8-2)27-19(4)12-11-13-20(27)5/h7-8,11-13,21-23,25-26,28-29,38H,1-2,9-10,14-18H2,3-6H3,(H,35,39)/t21-,22-,23?,25+,26-,28+,29+,33-/m0/s1. The number of allylic oxidation sites excluding steroid dienone is 1. The summed E-state index contributed by atoms with van der Waals surface area (Å²) in [4.78, 5) is 57.8. The van der Waals surface area contributed by atoms with Gasteiger partial charge in [0.25, 0.3) is 5.91 Å². The number of hydrogen-bond acceptors (Lipinski definition) is 7. The smallest absolute Gasteiger partial charge is 0.312 e. The molecule has 10 nitrogen and oxygen atoms in total. The molecule has 1 spiro atoms. The summed E-state index contributed by atoms with van der Waals surface area (Å²) in [7, 11) is 0. The monoisotopic (exact) mass is 673 g/mol. The minimum Gasteiger partial charge on any atom is -0.460 e. The van der Waals surface area contributed by atoms with Crippen molar-refractivity contribution in [3.63, 3.8) is 0 Å². The van der Waals surface area contributed by atoms with Gasteiger partial charge in [-0.2, -0.15) is 0 Å². The molecule has 0 radical (unpaired) electrons. The van der Waals surface area contributed by atoms with E-state index in [1.54, 1.807) is 24.0 Å². The van der Waals surface area contributed by atoms with E-state index in [1.807, 2.05) is 39.0 Å². The highest BCUT2D eigenvalue weighted by atomic mass is 79.9. The van der Waals surface area contributed by atoms with Crippen LogP contribution in [0.5, 0.6) is 0 Å². The van der Waals surface area contributed by atoms with Crippen LogP contribution in [0, 0.1) is 25.7 Å². The molecule has 1 unspecified atom stereocenters. The first-order valence-electron chi connectivity index (χ1n) is 15.3. The number of para-hydroxylation sites is 1. The molecule has 3 aliphatic rings. The lowest BCUT2D eigenvalue weighted by Gasteiger charge is -2.39. The normalized spacial score (nSPS) is 28.3. The number of amides is 3. The molecule has 3 fully saturated rings. The summed E-state index contributed by atoms with van der Waals surface area (Å²) < 4.78 is 12.4. The Hall–Kier alpha value is -3.02. The molecule has 4 rings (SSSR count). The van der Waals surface area contributed by atoms with Crippen molar-refractivity contribution in [1.82, 2.24) is 10.2 Å². The number of nitrogens with zero attached hydrogens (tertiary/aromatic N) is 2. The van der Waals surface area contributed by atoms with Crippen LogP contribution in [0.3, 0.4) is 0 Å². The number of aliphatic hydroxyl groups excluding tert-OH is 1. The number of aryl methyl sites for hydroxylation is 2. The summed E-state index contributed by atoms with van der Waals surface area (Å²) in [6.07, 6.45) is 3.50. The van der Waals surface area contributed by atoms with Crippen molar-refractivity contribution in [2.75, 3.05) is 24.6 Å². The zero-order valence-electron chi connectivity index (χ0n) is 26.0. The number of esters is 1. The van der Waals surface area contributed by atoms with Crippen molar-refractivity contribution in [2.45, 2.75) is 88.1 Å². The van der Waals surface area contributed by atoms with Crippen molar-refractivity contribution in [3.8, 4) is 0 Å². The number of halogens is 1. The minimum atomic E-state index is -1.31. The van der Waals surface area contributed by atoms with Gasteiger partial charge in [-0.15, -0.1) is 13.2 Å². The number of rotatable bonds is 14. The Kier molecular flexibility index (Phi) is 10.7. The lowest BCUT2D eigenvalue weighted by atomic mass is 9.70. The quantitative estimate of drug-likeness (QED) is 0.176. The van der Waals surface area contributed by atoms with Crippen molar-refractivity contribution < 1.29 is 33.8 Å². The first-order valence-corrected chi connectivity index (χ1v) is 16.2. The Labute approximate surface area is 267 Å². The molecule has 0 aromatic heterocycles. The SMILES string of the molecule is C=CCCC(=O)NC[C@H](C)OC(=O)[C@H]1[C@@H]2O[C@@]3(CC2Br)[C@@H]1C(=O)N([C@@H](CC)CO)[C@@H]3C(=O)N(CC=C)c1c(C)cccc1C. The molecule has 3 aliphatic heterocycles. The third-order valence-electron chi connectivity index (χ3n) is 9.08. The molecule has 0 saturated carbocycles. The summed E-state index contributed by atoms with van der Waals surface area (Å²) in [5.41, 5.74) is 1.20. The zero-order valence-corrected chi connectivity index (χ0v) is 27.5. The Morgan fingerprint density at radius 1 is 1.27 bits per heavy atom. The fourth-order valence-corrected chi connectivity index (χ4v) is 8.06. The molecule has 0 aliphatic carbocycles. The van der Waals surface area contributed by atoms with E-state index in [1.165, 1.54) is 4.90 Å². The van der Waals surface area contributed by atoms with E-state index < -0.39 is 53.6 Å². The van der Waals surface area contributed by atoms with Gasteiger partial charge in [-0.05, 0) is 51.2 Å². The maximum absolute atomic E-state index is 14.8. The molecule has 3 saturated heterocycles. The molecule has 3 amide bonds. The molecule has 1 aromatic carbocycles. The highest BCUT2D eigenvalue weighted by Gasteiger charge is 2.77. The highest BCUT2D eigenvalue weighted by Crippen LogP contribution is 2.61. The number of likely N-dealkylation sites (tertiary alicyclic amines) is 1. The number of ether oxygens (including phenoxy) is 2. The van der Waals surface area contributed by atoms with E-state index in [-0.39, 0.29) is 42.8 Å². The third kappa shape index (κ3) is 5.98. The second-order valence-corrected chi connectivity index (χ2v) is 13.2. The van der Waals surface area contributed by atoms with Gasteiger partial charge in [0.2, 0.25) is 11.8 Å². The molecule has 11 heteroatoms. The van der Waals surface area contributed by atoms with Crippen LogP contribution in [0.25, 0.3) is 0 Å². The Morgan fingerprint density at radius 3 is 2.55 bits per heavy atom. The molecule has 2 N–H and O–H groups in total. The molecule has 8 atom stereocenters. The summed E-state index contributed by atoms with van der Waals surface area (Å²) >= 11 is 3.68. The number of nitrogens with one attached hydrogen (secondary N) is 1. The van der Waals surface area contributed by atoms with Crippen LogP contribution in [-0.4, -0.2) is 88.1 Å². The summed E-state index contributed by atoms with van der Waals surface area (Å²) in [6.45, 7) is 14.8. The Morgan fingerprint density at radius 2 is 1.95 bits per heavy atom. The molecule has 240 valence electrons. The van der Waals surface area contributed by atoms with Gasteiger partial charge < -0.3 is 29.7 Å². The van der Waals surface area contributed by atoms with Gasteiger partial charge in [0, 0.05) is 23.5 Å². The first-order chi connectivity index (χ1) is 21.0. The number of benzene rings is 1. The van der Waals surface area contributed by atoms with Gasteiger partial charge in [-0.1, -0.05) is 53.2 Å². The number of hydrogen-bond donors (Lipinski definition) is 2. The van der Waals surface area contributed by atoms with Crippen LogP contribution in [0.15, 0.2) is 43.5 Å². The molecule has 3 heterocycles. The Balaban J connectivity index is 1.70.